The van der Waals surface area contributed by atoms with Crippen LogP contribution in [0.25, 0.3) is 0 Å². The number of rotatable bonds is 5. The van der Waals surface area contributed by atoms with Crippen molar-refractivity contribution < 1.29 is 0 Å². The molecule has 0 fully saturated rings. The van der Waals surface area contributed by atoms with Gasteiger partial charge in [0.05, 0.1) is 0 Å². The van der Waals surface area contributed by atoms with Crippen molar-refractivity contribution in [3.05, 3.63) is 78.9 Å². The first kappa shape index (κ1) is 16.8. The molecule has 0 spiro atoms. The molecular formula is C20H19AsS2. The molecule has 0 aliphatic carbocycles. The van der Waals surface area contributed by atoms with Crippen molar-refractivity contribution in [3.63, 3.8) is 0 Å². The fraction of sp³-hybridized carbons (Fsp3) is 0.100. The zero-order chi connectivity index (χ0) is 16.1. The van der Waals surface area contributed by atoms with Crippen LogP contribution in [-0.2, 0) is 0 Å². The van der Waals surface area contributed by atoms with E-state index >= 15 is 0 Å². The summed E-state index contributed by atoms with van der Waals surface area (Å²) in [7, 11) is 0. The van der Waals surface area contributed by atoms with Crippen LogP contribution >= 0.6 is 23.5 Å². The van der Waals surface area contributed by atoms with Crippen molar-refractivity contribution in [1.29, 1.82) is 0 Å². The summed E-state index contributed by atoms with van der Waals surface area (Å²) in [4.78, 5) is 2.82. The molecule has 3 rings (SSSR count). The van der Waals surface area contributed by atoms with Crippen LogP contribution in [0, 0.1) is 0 Å². The van der Waals surface area contributed by atoms with Gasteiger partial charge in [0.2, 0.25) is 0 Å². The summed E-state index contributed by atoms with van der Waals surface area (Å²) in [6.45, 7) is 0. The van der Waals surface area contributed by atoms with Crippen molar-refractivity contribution >= 4 is 51.2 Å². The van der Waals surface area contributed by atoms with Gasteiger partial charge in [-0.05, 0) is 0 Å². The predicted octanol–water partition coefficient (Wildman–Crippen LogP) is 3.65. The molecule has 0 saturated heterocycles. The fourth-order valence-electron chi connectivity index (χ4n) is 2.61. The summed E-state index contributed by atoms with van der Waals surface area (Å²) in [5, 5.41) is 0. The monoisotopic (exact) mass is 398 g/mol. The topological polar surface area (TPSA) is 0 Å². The zero-order valence-electron chi connectivity index (χ0n) is 13.3. The molecular weight excluding hydrogens is 379 g/mol. The number of benzene rings is 3. The summed E-state index contributed by atoms with van der Waals surface area (Å²) in [6.07, 6.45) is 4.35. The quantitative estimate of drug-likeness (QED) is 0.475. The minimum absolute atomic E-state index is 1.41. The van der Waals surface area contributed by atoms with Crippen LogP contribution < -0.4 is 13.1 Å². The first-order valence-corrected chi connectivity index (χ1v) is 12.7. The van der Waals surface area contributed by atoms with Crippen LogP contribution in [-0.4, -0.2) is 27.2 Å². The Bertz CT molecular complexity index is 724. The maximum atomic E-state index is 2.33. The van der Waals surface area contributed by atoms with Gasteiger partial charge in [-0.25, -0.2) is 0 Å². The van der Waals surface area contributed by atoms with E-state index in [0.717, 1.165) is 0 Å². The second-order valence-electron chi connectivity index (χ2n) is 5.01. The zero-order valence-corrected chi connectivity index (χ0v) is 16.8. The third-order valence-corrected chi connectivity index (χ3v) is 11.3. The second kappa shape index (κ2) is 8.15. The van der Waals surface area contributed by atoms with E-state index in [1.54, 1.807) is 0 Å². The molecule has 0 atom stereocenters. The molecule has 0 radical (unpaired) electrons. The van der Waals surface area contributed by atoms with E-state index < -0.39 is 14.7 Å². The van der Waals surface area contributed by atoms with E-state index in [1.165, 1.54) is 22.8 Å². The number of thioether (sulfide) groups is 2. The molecule has 0 unspecified atom stereocenters. The van der Waals surface area contributed by atoms with Gasteiger partial charge in [-0.2, -0.15) is 0 Å². The molecule has 0 N–H and O–H groups in total. The Morgan fingerprint density at radius 1 is 0.565 bits per heavy atom. The van der Waals surface area contributed by atoms with Crippen molar-refractivity contribution in [1.82, 2.24) is 0 Å². The Hall–Kier alpha value is -1.08. The standard InChI is InChI=1S/C20H19AsS2/c1-22-19-14-8-6-12-17(19)21(16-10-4-3-5-11-16)18-13-7-9-15-20(18)23-2/h3-15H,1-2H3. The maximum absolute atomic E-state index is 2.33. The van der Waals surface area contributed by atoms with Gasteiger partial charge in [0, 0.05) is 0 Å². The molecule has 116 valence electrons. The summed E-state index contributed by atoms with van der Waals surface area (Å²) >= 11 is 2.16. The summed E-state index contributed by atoms with van der Waals surface area (Å²) in [5.41, 5.74) is 0. The van der Waals surface area contributed by atoms with Gasteiger partial charge in [-0.3, -0.25) is 0 Å². The molecule has 0 nitrogen and oxygen atoms in total. The fourth-order valence-corrected chi connectivity index (χ4v) is 10.6. The van der Waals surface area contributed by atoms with E-state index in [1.807, 2.05) is 23.5 Å². The Morgan fingerprint density at radius 2 is 1.00 bits per heavy atom. The van der Waals surface area contributed by atoms with Gasteiger partial charge in [-0.1, -0.05) is 0 Å². The molecule has 0 aliphatic heterocycles. The average molecular weight is 398 g/mol. The number of hydrogen-bond acceptors (Lipinski definition) is 2. The van der Waals surface area contributed by atoms with E-state index in [-0.39, 0.29) is 0 Å². The van der Waals surface area contributed by atoms with Crippen LogP contribution in [0.3, 0.4) is 0 Å². The molecule has 0 heterocycles. The summed E-state index contributed by atoms with van der Waals surface area (Å²) < 4.78 is 4.54. The second-order valence-corrected chi connectivity index (χ2v) is 11.2. The van der Waals surface area contributed by atoms with E-state index in [4.69, 9.17) is 0 Å². The molecule has 0 aromatic heterocycles. The Kier molecular flexibility index (Phi) is 5.94. The van der Waals surface area contributed by atoms with Crippen LogP contribution in [0.15, 0.2) is 88.7 Å². The Labute approximate surface area is 152 Å². The predicted molar refractivity (Wildman–Crippen MR) is 108 cm³/mol. The van der Waals surface area contributed by atoms with E-state index in [9.17, 15) is 0 Å². The normalized spacial score (nSPS) is 10.9. The van der Waals surface area contributed by atoms with Crippen LogP contribution in [0.1, 0.15) is 0 Å². The van der Waals surface area contributed by atoms with Crippen LogP contribution in [0.2, 0.25) is 0 Å². The number of hydrogen-bond donors (Lipinski definition) is 0. The van der Waals surface area contributed by atoms with Gasteiger partial charge < -0.3 is 0 Å². The van der Waals surface area contributed by atoms with Gasteiger partial charge >= 0.3 is 152 Å². The van der Waals surface area contributed by atoms with Crippen molar-refractivity contribution in [2.45, 2.75) is 9.79 Å². The van der Waals surface area contributed by atoms with Crippen molar-refractivity contribution in [2.75, 3.05) is 12.5 Å². The van der Waals surface area contributed by atoms with E-state index in [0.29, 0.717) is 0 Å². The van der Waals surface area contributed by atoms with Gasteiger partial charge in [0.15, 0.2) is 0 Å². The van der Waals surface area contributed by atoms with Crippen LogP contribution in [0.4, 0.5) is 0 Å². The molecule has 0 amide bonds. The SMILES string of the molecule is CSc1ccccc1[As](c1ccccc1)c1ccccc1SC. The Morgan fingerprint density at radius 3 is 1.48 bits per heavy atom. The van der Waals surface area contributed by atoms with Crippen molar-refractivity contribution in [2.24, 2.45) is 0 Å². The molecule has 0 saturated carbocycles. The van der Waals surface area contributed by atoms with Gasteiger partial charge in [0.1, 0.15) is 0 Å². The molecule has 0 aliphatic rings. The van der Waals surface area contributed by atoms with Crippen LogP contribution in [0.5, 0.6) is 0 Å². The van der Waals surface area contributed by atoms with Gasteiger partial charge in [-0.15, -0.1) is 0 Å². The minimum atomic E-state index is -1.55. The molecule has 0 bridgehead atoms. The third-order valence-electron chi connectivity index (χ3n) is 3.67. The Balaban J connectivity index is 2.23. The molecule has 3 heteroatoms. The molecule has 3 aromatic rings. The molecule has 23 heavy (non-hydrogen) atoms. The third kappa shape index (κ3) is 3.71. The summed E-state index contributed by atoms with van der Waals surface area (Å²) in [6, 6.07) is 28.9. The first-order valence-electron chi connectivity index (χ1n) is 7.46. The van der Waals surface area contributed by atoms with Gasteiger partial charge in [0.25, 0.3) is 0 Å². The average Bonchev–Trinajstić information content (AvgIpc) is 2.64. The summed E-state index contributed by atoms with van der Waals surface area (Å²) in [5.74, 6) is 0. The first-order chi connectivity index (χ1) is 11.3. The molecule has 3 aromatic carbocycles. The van der Waals surface area contributed by atoms with Crippen molar-refractivity contribution in [3.8, 4) is 0 Å². The van der Waals surface area contributed by atoms with E-state index in [2.05, 4.69) is 91.4 Å².